The molecule has 0 heterocycles. The molecule has 0 radical (unpaired) electrons. The van der Waals surface area contributed by atoms with Gasteiger partial charge < -0.3 is 11.1 Å². The molecule has 1 rings (SSSR count). The van der Waals surface area contributed by atoms with E-state index in [1.54, 1.807) is 11.8 Å². The van der Waals surface area contributed by atoms with Gasteiger partial charge in [0.1, 0.15) is 0 Å². The van der Waals surface area contributed by atoms with Crippen molar-refractivity contribution < 1.29 is 4.79 Å². The summed E-state index contributed by atoms with van der Waals surface area (Å²) in [6, 6.07) is 5.79. The second-order valence-corrected chi connectivity index (χ2v) is 5.81. The van der Waals surface area contributed by atoms with Crippen molar-refractivity contribution in [3.8, 4) is 0 Å². The Morgan fingerprint density at radius 2 is 2.22 bits per heavy atom. The summed E-state index contributed by atoms with van der Waals surface area (Å²) in [5.74, 6) is 0.0928. The molecule has 0 bridgehead atoms. The fraction of sp³-hybridized carbons (Fsp3) is 0.500. The van der Waals surface area contributed by atoms with Gasteiger partial charge in [-0.2, -0.15) is 0 Å². The molecule has 4 heteroatoms. The van der Waals surface area contributed by atoms with Crippen LogP contribution in [0.5, 0.6) is 0 Å². The maximum Gasteiger partial charge on any atom is 0.233 e. The molecule has 1 amide bonds. The van der Waals surface area contributed by atoms with Crippen LogP contribution in [0.2, 0.25) is 0 Å². The van der Waals surface area contributed by atoms with E-state index in [1.165, 1.54) is 0 Å². The second-order valence-electron chi connectivity index (χ2n) is 4.43. The largest absolute Gasteiger partial charge is 0.399 e. The number of aryl methyl sites for hydroxylation is 1. The first-order chi connectivity index (χ1) is 8.54. The van der Waals surface area contributed by atoms with Crippen molar-refractivity contribution in [2.45, 2.75) is 43.8 Å². The van der Waals surface area contributed by atoms with E-state index in [2.05, 4.69) is 12.2 Å². The molecular formula is C14H22N2OS. The molecule has 0 saturated heterocycles. The Morgan fingerprint density at radius 1 is 1.50 bits per heavy atom. The minimum absolute atomic E-state index is 0.0928. The zero-order valence-corrected chi connectivity index (χ0v) is 12.1. The third-order valence-electron chi connectivity index (χ3n) is 2.71. The Bertz CT molecular complexity index is 407. The summed E-state index contributed by atoms with van der Waals surface area (Å²) >= 11 is 1.56. The first-order valence-electron chi connectivity index (χ1n) is 6.35. The Morgan fingerprint density at radius 3 is 2.89 bits per heavy atom. The minimum Gasteiger partial charge on any atom is -0.399 e. The summed E-state index contributed by atoms with van der Waals surface area (Å²) in [6.45, 7) is 6.83. The quantitative estimate of drug-likeness (QED) is 0.473. The molecule has 1 unspecified atom stereocenters. The number of carbonyl (C=O) groups excluding carboxylic acids is 1. The third kappa shape index (κ3) is 4.61. The Hall–Kier alpha value is -1.16. The second kappa shape index (κ2) is 7.31. The van der Waals surface area contributed by atoms with Gasteiger partial charge in [-0.15, -0.1) is 11.8 Å². The predicted molar refractivity (Wildman–Crippen MR) is 78.8 cm³/mol. The van der Waals surface area contributed by atoms with Crippen molar-refractivity contribution in [1.29, 1.82) is 0 Å². The fourth-order valence-electron chi connectivity index (χ4n) is 1.52. The van der Waals surface area contributed by atoms with Gasteiger partial charge >= 0.3 is 0 Å². The molecule has 18 heavy (non-hydrogen) atoms. The van der Waals surface area contributed by atoms with E-state index in [-0.39, 0.29) is 11.2 Å². The molecule has 0 aliphatic heterocycles. The van der Waals surface area contributed by atoms with E-state index < -0.39 is 0 Å². The van der Waals surface area contributed by atoms with E-state index in [0.717, 1.165) is 35.5 Å². The Labute approximate surface area is 114 Å². The van der Waals surface area contributed by atoms with Crippen LogP contribution in [-0.2, 0) is 4.79 Å². The highest BCUT2D eigenvalue weighted by Gasteiger charge is 2.14. The van der Waals surface area contributed by atoms with E-state index >= 15 is 0 Å². The smallest absolute Gasteiger partial charge is 0.233 e. The molecule has 1 atom stereocenters. The molecule has 1 aromatic rings. The highest BCUT2D eigenvalue weighted by Crippen LogP contribution is 2.28. The van der Waals surface area contributed by atoms with Crippen LogP contribution < -0.4 is 11.1 Å². The first-order valence-corrected chi connectivity index (χ1v) is 7.23. The zero-order chi connectivity index (χ0) is 13.5. The number of nitrogens with one attached hydrogen (secondary N) is 1. The summed E-state index contributed by atoms with van der Waals surface area (Å²) in [7, 11) is 0. The van der Waals surface area contributed by atoms with E-state index in [9.17, 15) is 4.79 Å². The average Bonchev–Trinajstić information content (AvgIpc) is 2.34. The highest BCUT2D eigenvalue weighted by molar-refractivity contribution is 8.00. The van der Waals surface area contributed by atoms with Crippen LogP contribution in [0.25, 0.3) is 0 Å². The molecule has 0 aliphatic rings. The first kappa shape index (κ1) is 14.9. The summed E-state index contributed by atoms with van der Waals surface area (Å²) in [6.07, 6.45) is 2.12. The number of benzene rings is 1. The number of nitrogen functional groups attached to an aromatic ring is 1. The molecule has 3 nitrogen and oxygen atoms in total. The lowest BCUT2D eigenvalue weighted by Crippen LogP contribution is -2.31. The van der Waals surface area contributed by atoms with Gasteiger partial charge in [0.05, 0.1) is 5.25 Å². The minimum atomic E-state index is -0.0950. The number of thioether (sulfide) groups is 1. The number of hydrogen-bond donors (Lipinski definition) is 2. The van der Waals surface area contributed by atoms with Crippen molar-refractivity contribution in [1.82, 2.24) is 5.32 Å². The molecule has 0 aromatic heterocycles. The summed E-state index contributed by atoms with van der Waals surface area (Å²) in [4.78, 5) is 12.9. The van der Waals surface area contributed by atoms with Crippen LogP contribution in [-0.4, -0.2) is 17.7 Å². The van der Waals surface area contributed by atoms with Gasteiger partial charge in [0.15, 0.2) is 0 Å². The number of anilines is 1. The monoisotopic (exact) mass is 266 g/mol. The molecule has 0 spiro atoms. The normalized spacial score (nSPS) is 12.2. The van der Waals surface area contributed by atoms with Gasteiger partial charge in [-0.25, -0.2) is 0 Å². The Kier molecular flexibility index (Phi) is 6.05. The van der Waals surface area contributed by atoms with Crippen LogP contribution in [0.3, 0.4) is 0 Å². The van der Waals surface area contributed by atoms with Crippen molar-refractivity contribution in [2.75, 3.05) is 12.3 Å². The van der Waals surface area contributed by atoms with Crippen LogP contribution >= 0.6 is 11.8 Å². The number of nitrogens with two attached hydrogens (primary N) is 1. The summed E-state index contributed by atoms with van der Waals surface area (Å²) < 4.78 is 0. The topological polar surface area (TPSA) is 55.1 Å². The van der Waals surface area contributed by atoms with Gasteiger partial charge in [-0.3, -0.25) is 4.79 Å². The van der Waals surface area contributed by atoms with Crippen molar-refractivity contribution >= 4 is 23.4 Å². The zero-order valence-electron chi connectivity index (χ0n) is 11.3. The lowest BCUT2D eigenvalue weighted by atomic mass is 10.2. The SMILES string of the molecule is CCCCNC(=O)C(C)Sc1cc(N)ccc1C. The van der Waals surface area contributed by atoms with Crippen LogP contribution in [0.1, 0.15) is 32.3 Å². The third-order valence-corrected chi connectivity index (χ3v) is 3.98. The average molecular weight is 266 g/mol. The maximum atomic E-state index is 11.9. The summed E-state index contributed by atoms with van der Waals surface area (Å²) in [5.41, 5.74) is 7.66. The van der Waals surface area contributed by atoms with E-state index in [1.807, 2.05) is 32.0 Å². The van der Waals surface area contributed by atoms with Gasteiger partial charge in [0.25, 0.3) is 0 Å². The molecular weight excluding hydrogens is 244 g/mol. The van der Waals surface area contributed by atoms with Crippen LogP contribution in [0, 0.1) is 6.92 Å². The van der Waals surface area contributed by atoms with E-state index in [4.69, 9.17) is 5.73 Å². The number of carbonyl (C=O) groups is 1. The van der Waals surface area contributed by atoms with Crippen LogP contribution in [0.15, 0.2) is 23.1 Å². The highest BCUT2D eigenvalue weighted by atomic mass is 32.2. The number of hydrogen-bond acceptors (Lipinski definition) is 3. The molecule has 0 aliphatic carbocycles. The molecule has 1 aromatic carbocycles. The predicted octanol–water partition coefficient (Wildman–Crippen LogP) is 2.97. The lowest BCUT2D eigenvalue weighted by molar-refractivity contribution is -0.120. The van der Waals surface area contributed by atoms with Gasteiger partial charge in [-0.05, 0) is 38.0 Å². The lowest BCUT2D eigenvalue weighted by Gasteiger charge is -2.13. The van der Waals surface area contributed by atoms with Gasteiger partial charge in [0, 0.05) is 17.1 Å². The van der Waals surface area contributed by atoms with Crippen molar-refractivity contribution in [2.24, 2.45) is 0 Å². The van der Waals surface area contributed by atoms with Crippen molar-refractivity contribution in [3.05, 3.63) is 23.8 Å². The molecule has 100 valence electrons. The fourth-order valence-corrected chi connectivity index (χ4v) is 2.55. The maximum absolute atomic E-state index is 11.9. The van der Waals surface area contributed by atoms with E-state index in [0.29, 0.717) is 0 Å². The van der Waals surface area contributed by atoms with Gasteiger partial charge in [0.2, 0.25) is 5.91 Å². The molecule has 0 saturated carbocycles. The number of unbranched alkanes of at least 4 members (excludes halogenated alkanes) is 1. The summed E-state index contributed by atoms with van der Waals surface area (Å²) in [5, 5.41) is 2.85. The van der Waals surface area contributed by atoms with Gasteiger partial charge in [-0.1, -0.05) is 19.4 Å². The molecule has 3 N–H and O–H groups in total. The van der Waals surface area contributed by atoms with Crippen molar-refractivity contribution in [3.63, 3.8) is 0 Å². The number of rotatable bonds is 6. The Balaban J connectivity index is 2.55. The molecule has 0 fully saturated rings. The van der Waals surface area contributed by atoms with Crippen LogP contribution in [0.4, 0.5) is 5.69 Å². The number of amides is 1. The standard InChI is InChI=1S/C14H22N2OS/c1-4-5-8-16-14(17)11(3)18-13-9-12(15)7-6-10(13)2/h6-7,9,11H,4-5,8,15H2,1-3H3,(H,16,17).